The van der Waals surface area contributed by atoms with Crippen molar-refractivity contribution in [1.82, 2.24) is 19.6 Å². The number of benzene rings is 2. The molecule has 2 aromatic carbocycles. The minimum Gasteiger partial charge on any atom is -0.334 e. The van der Waals surface area contributed by atoms with Crippen LogP contribution in [0.3, 0.4) is 0 Å². The maximum Gasteiger partial charge on any atom is 0.253 e. The topological polar surface area (TPSA) is 64.7 Å². The van der Waals surface area contributed by atoms with E-state index in [1.54, 1.807) is 23.7 Å². The van der Waals surface area contributed by atoms with E-state index in [2.05, 4.69) is 33.4 Å². The van der Waals surface area contributed by atoms with Crippen molar-refractivity contribution in [1.29, 1.82) is 0 Å². The van der Waals surface area contributed by atoms with Crippen molar-refractivity contribution in [2.75, 3.05) is 10.5 Å². The van der Waals surface area contributed by atoms with Crippen LogP contribution in [-0.2, 0) is 13.6 Å². The maximum absolute atomic E-state index is 13.3. The molecule has 0 radical (unpaired) electrons. The van der Waals surface area contributed by atoms with E-state index in [4.69, 9.17) is 0 Å². The van der Waals surface area contributed by atoms with Crippen molar-refractivity contribution in [3.05, 3.63) is 76.0 Å². The Balaban J connectivity index is 1.88. The van der Waals surface area contributed by atoms with Crippen molar-refractivity contribution >= 4 is 32.8 Å². The molecule has 4 rings (SSSR count). The second kappa shape index (κ2) is 9.08. The van der Waals surface area contributed by atoms with E-state index in [0.717, 1.165) is 39.2 Å². The zero-order valence-electron chi connectivity index (χ0n) is 18.6. The molecule has 0 aliphatic heterocycles. The van der Waals surface area contributed by atoms with E-state index in [0.29, 0.717) is 12.1 Å². The van der Waals surface area contributed by atoms with E-state index >= 15 is 0 Å². The molecule has 0 saturated carbocycles. The molecule has 0 amide bonds. The van der Waals surface area contributed by atoms with Gasteiger partial charge in [-0.1, -0.05) is 24.3 Å². The van der Waals surface area contributed by atoms with Gasteiger partial charge < -0.3 is 9.29 Å². The van der Waals surface area contributed by atoms with Crippen LogP contribution in [0.1, 0.15) is 25.0 Å². The Labute approximate surface area is 188 Å². The van der Waals surface area contributed by atoms with Gasteiger partial charge in [0.25, 0.3) is 5.56 Å². The molecule has 2 heterocycles. The number of anilines is 1. The Morgan fingerprint density at radius 3 is 2.56 bits per heavy atom. The highest BCUT2D eigenvalue weighted by atomic mass is 32.2. The van der Waals surface area contributed by atoms with E-state index in [1.165, 1.54) is 12.1 Å². The predicted molar refractivity (Wildman–Crippen MR) is 132 cm³/mol. The number of hydrogen-bond donors (Lipinski definition) is 1. The first kappa shape index (κ1) is 22.0. The van der Waals surface area contributed by atoms with Crippen LogP contribution in [0.2, 0.25) is 0 Å². The summed E-state index contributed by atoms with van der Waals surface area (Å²) in [5.41, 5.74) is 6.08. The number of halogens is 1. The highest BCUT2D eigenvalue weighted by molar-refractivity contribution is 8.16. The van der Waals surface area contributed by atoms with Crippen LogP contribution in [0.4, 0.5) is 10.1 Å². The first-order chi connectivity index (χ1) is 15.4. The summed E-state index contributed by atoms with van der Waals surface area (Å²) < 4.78 is 20.3. The highest BCUT2D eigenvalue weighted by Crippen LogP contribution is 2.32. The summed E-state index contributed by atoms with van der Waals surface area (Å²) in [5, 5.41) is 11.0. The number of aromatic nitrogens is 4. The molecule has 0 aliphatic carbocycles. The van der Waals surface area contributed by atoms with Gasteiger partial charge in [-0.05, 0) is 66.2 Å². The van der Waals surface area contributed by atoms with Crippen molar-refractivity contribution in [2.45, 2.75) is 27.3 Å². The Bertz CT molecular complexity index is 1350. The lowest BCUT2D eigenvalue weighted by Gasteiger charge is -2.14. The number of fused-ring (bicyclic) bond motifs is 1. The molecule has 2 aromatic heterocycles. The Morgan fingerprint density at radius 2 is 1.91 bits per heavy atom. The van der Waals surface area contributed by atoms with E-state index < -0.39 is 0 Å². The zero-order chi connectivity index (χ0) is 22.8. The van der Waals surface area contributed by atoms with E-state index in [-0.39, 0.29) is 22.0 Å². The Kier molecular flexibility index (Phi) is 6.23. The monoisotopic (exact) mass is 451 g/mol. The molecule has 0 saturated heterocycles. The van der Waals surface area contributed by atoms with Gasteiger partial charge in [0, 0.05) is 24.6 Å². The molecule has 0 fully saturated rings. The molecule has 0 spiro atoms. The lowest BCUT2D eigenvalue weighted by Crippen LogP contribution is -2.18. The van der Waals surface area contributed by atoms with Gasteiger partial charge in [-0.2, -0.15) is 0 Å². The minimum atomic E-state index is -0.265. The zero-order valence-corrected chi connectivity index (χ0v) is 19.4. The van der Waals surface area contributed by atoms with Crippen molar-refractivity contribution in [3.63, 3.8) is 0 Å². The fraction of sp³-hybridized carbons (Fsp3) is 0.250. The van der Waals surface area contributed by atoms with E-state index in [9.17, 15) is 9.18 Å². The molecule has 32 heavy (non-hydrogen) atoms. The minimum absolute atomic E-state index is 0.00990. The molecule has 1 atom stereocenters. The molecule has 8 heteroatoms. The number of rotatable bonds is 6. The third-order valence-electron chi connectivity index (χ3n) is 5.40. The summed E-state index contributed by atoms with van der Waals surface area (Å²) in [4.78, 5) is 12.2. The number of aryl methyl sites for hydroxylation is 2. The number of pyridine rings is 1. The third-order valence-corrected chi connectivity index (χ3v) is 7.07. The average Bonchev–Trinajstić information content (AvgIpc) is 3.19. The van der Waals surface area contributed by atoms with Crippen LogP contribution < -0.4 is 10.3 Å². The normalized spacial score (nSPS) is 12.4. The third kappa shape index (κ3) is 4.36. The van der Waals surface area contributed by atoms with Gasteiger partial charge in [0.1, 0.15) is 11.3 Å². The number of hydrogen-bond acceptors (Lipinski definition) is 4. The van der Waals surface area contributed by atoms with Gasteiger partial charge in [-0.15, -0.1) is 15.8 Å². The molecule has 6 nitrogen and oxygen atoms in total. The number of nitrogens with one attached hydrogen (secondary N) is 1. The summed E-state index contributed by atoms with van der Waals surface area (Å²) in [6, 6.07) is 12.4. The molecule has 1 unspecified atom stereocenters. The average molecular weight is 452 g/mol. The molecule has 0 bridgehead atoms. The maximum atomic E-state index is 13.3. The molecule has 166 valence electrons. The highest BCUT2D eigenvalue weighted by Gasteiger charge is 2.14. The standard InChI is InChI=1S/C24H26FN5OS/c1-5-32(6-2)27-21-12-18(19-11-16(3)24(31)29(4)15-19)13-22-23(21)26-28-30(22)14-17-7-9-20(25)10-8-17/h5,7-13,15,27H,6,14H2,1-4H3. The molecule has 4 aromatic rings. The first-order valence-electron chi connectivity index (χ1n) is 10.4. The second-order valence-corrected chi connectivity index (χ2v) is 9.76. The molecular formula is C24H26FN5OS. The molecular weight excluding hydrogens is 425 g/mol. The van der Waals surface area contributed by atoms with Gasteiger partial charge in [0.05, 0.1) is 17.7 Å². The summed E-state index contributed by atoms with van der Waals surface area (Å²) >= 11 is 0. The Hall–Kier alpha value is -3.26. The van der Waals surface area contributed by atoms with Gasteiger partial charge >= 0.3 is 0 Å². The van der Waals surface area contributed by atoms with Crippen LogP contribution in [-0.4, -0.2) is 30.7 Å². The largest absolute Gasteiger partial charge is 0.334 e. The fourth-order valence-corrected chi connectivity index (χ4v) is 4.70. The lowest BCUT2D eigenvalue weighted by molar-refractivity contribution is 0.624. The second-order valence-electron chi connectivity index (χ2n) is 7.65. The van der Waals surface area contributed by atoms with Crippen LogP contribution in [0.25, 0.3) is 22.2 Å². The van der Waals surface area contributed by atoms with Crippen LogP contribution in [0.15, 0.2) is 53.5 Å². The van der Waals surface area contributed by atoms with Gasteiger partial charge in [-0.25, -0.2) is 9.07 Å². The first-order valence-corrected chi connectivity index (χ1v) is 11.9. The van der Waals surface area contributed by atoms with Gasteiger partial charge in [0.2, 0.25) is 0 Å². The van der Waals surface area contributed by atoms with Gasteiger partial charge in [-0.3, -0.25) is 4.79 Å². The smallest absolute Gasteiger partial charge is 0.253 e. The molecule has 0 aliphatic rings. The predicted octanol–water partition coefficient (Wildman–Crippen LogP) is 4.73. The summed E-state index contributed by atoms with van der Waals surface area (Å²) in [6.45, 7) is 6.48. The van der Waals surface area contributed by atoms with E-state index in [1.807, 2.05) is 36.9 Å². The molecule has 1 N–H and O–H groups in total. The van der Waals surface area contributed by atoms with Crippen molar-refractivity contribution < 1.29 is 4.39 Å². The summed E-state index contributed by atoms with van der Waals surface area (Å²) in [7, 11) is 1.66. The van der Waals surface area contributed by atoms with Crippen LogP contribution in [0.5, 0.6) is 0 Å². The number of nitrogens with zero attached hydrogens (tertiary/aromatic N) is 4. The quantitative estimate of drug-likeness (QED) is 0.431. The Morgan fingerprint density at radius 1 is 1.16 bits per heavy atom. The SMILES string of the molecule is C/C=S(\CC)Nc1cc(-c2cc(C)c(=O)n(C)c2)cc2c1nnn2Cc1ccc(F)cc1. The van der Waals surface area contributed by atoms with Crippen LogP contribution in [0, 0.1) is 12.7 Å². The van der Waals surface area contributed by atoms with Crippen molar-refractivity contribution in [3.8, 4) is 11.1 Å². The fourth-order valence-electron chi connectivity index (χ4n) is 3.67. The summed E-state index contributed by atoms with van der Waals surface area (Å²) in [6.07, 6.45) is 1.85. The van der Waals surface area contributed by atoms with Crippen LogP contribution >= 0.6 is 10.7 Å². The van der Waals surface area contributed by atoms with Gasteiger partial charge in [0.15, 0.2) is 0 Å². The summed E-state index contributed by atoms with van der Waals surface area (Å²) in [5.74, 6) is 0.698. The lowest BCUT2D eigenvalue weighted by atomic mass is 10.0. The van der Waals surface area contributed by atoms with Crippen molar-refractivity contribution in [2.24, 2.45) is 7.05 Å².